The fourth-order valence-electron chi connectivity index (χ4n) is 1.88. The minimum Gasteiger partial charge on any atom is -0.497 e. The Morgan fingerprint density at radius 3 is 3.21 bits per heavy atom. The Hall–Kier alpha value is -1.81. The second kappa shape index (κ2) is 6.38. The van der Waals surface area contributed by atoms with E-state index in [2.05, 4.69) is 10.3 Å². The fraction of sp³-hybridized carbons (Fsp3) is 0.400. The molecule has 0 aliphatic heterocycles. The molecule has 2 rings (SSSR count). The Balaban J connectivity index is 2.36. The molecule has 0 aliphatic carbocycles. The fourth-order valence-corrected chi connectivity index (χ4v) is 1.88. The van der Waals surface area contributed by atoms with Crippen LogP contribution in [0, 0.1) is 0 Å². The maximum absolute atomic E-state index is 7.71. The van der Waals surface area contributed by atoms with Crippen molar-refractivity contribution >= 4 is 16.6 Å². The van der Waals surface area contributed by atoms with E-state index in [9.17, 15) is 0 Å². The van der Waals surface area contributed by atoms with E-state index in [0.29, 0.717) is 17.0 Å². The van der Waals surface area contributed by atoms with Crippen molar-refractivity contribution in [3.05, 3.63) is 30.5 Å². The number of anilines is 1. The van der Waals surface area contributed by atoms with Crippen molar-refractivity contribution in [1.82, 2.24) is 4.98 Å². The molecule has 4 heteroatoms. The number of aromatic nitrogens is 1. The molecule has 0 aliphatic rings. The van der Waals surface area contributed by atoms with Gasteiger partial charge in [0.2, 0.25) is 0 Å². The van der Waals surface area contributed by atoms with Crippen molar-refractivity contribution in [2.75, 3.05) is 18.9 Å². The average molecular weight is 264 g/mol. The molecule has 0 saturated carbocycles. The molecule has 0 amide bonds. The summed E-state index contributed by atoms with van der Waals surface area (Å²) in [4.78, 5) is 4.30. The van der Waals surface area contributed by atoms with E-state index in [4.69, 9.17) is 17.3 Å². The van der Waals surface area contributed by atoms with Gasteiger partial charge in [-0.25, -0.2) is 0 Å². The predicted octanol–water partition coefficient (Wildman–Crippen LogP) is 2.78. The third kappa shape index (κ3) is 3.35. The SMILES string of the molecule is [2H]C([2H])(N)CCC(Nc1cc(OC)cc2cccnc12)C([2H])([2H])[2H]. The van der Waals surface area contributed by atoms with Crippen LogP contribution in [-0.4, -0.2) is 24.6 Å². The summed E-state index contributed by atoms with van der Waals surface area (Å²) in [5, 5.41) is 3.80. The van der Waals surface area contributed by atoms with Crippen LogP contribution in [-0.2, 0) is 0 Å². The van der Waals surface area contributed by atoms with Crippen molar-refractivity contribution in [2.24, 2.45) is 5.73 Å². The van der Waals surface area contributed by atoms with Gasteiger partial charge >= 0.3 is 0 Å². The second-order valence-electron chi connectivity index (χ2n) is 4.19. The van der Waals surface area contributed by atoms with Crippen LogP contribution < -0.4 is 15.8 Å². The van der Waals surface area contributed by atoms with Crippen LogP contribution in [0.3, 0.4) is 0 Å². The third-order valence-corrected chi connectivity index (χ3v) is 2.82. The first kappa shape index (κ1) is 8.38. The lowest BCUT2D eigenvalue weighted by atomic mass is 10.1. The average Bonchev–Trinajstić information content (AvgIpc) is 2.48. The van der Waals surface area contributed by atoms with Gasteiger partial charge in [0.25, 0.3) is 0 Å². The summed E-state index contributed by atoms with van der Waals surface area (Å²) >= 11 is 0. The zero-order valence-corrected chi connectivity index (χ0v) is 10.8. The topological polar surface area (TPSA) is 60.2 Å². The van der Waals surface area contributed by atoms with Crippen LogP contribution in [0.25, 0.3) is 10.9 Å². The molecule has 1 unspecified atom stereocenters. The zero-order chi connectivity index (χ0) is 18.0. The number of methoxy groups -OCH3 is 1. The van der Waals surface area contributed by atoms with E-state index in [1.807, 2.05) is 12.1 Å². The number of rotatable bonds is 6. The van der Waals surface area contributed by atoms with Gasteiger partial charge in [-0.2, -0.15) is 0 Å². The number of pyridine rings is 1. The van der Waals surface area contributed by atoms with Crippen molar-refractivity contribution in [1.29, 1.82) is 0 Å². The molecule has 1 aromatic carbocycles. The van der Waals surface area contributed by atoms with Crippen LogP contribution >= 0.6 is 0 Å². The van der Waals surface area contributed by atoms with Crippen LogP contribution in [0.15, 0.2) is 30.5 Å². The number of fused-ring (bicyclic) bond motifs is 1. The van der Waals surface area contributed by atoms with Crippen molar-refractivity contribution in [3.63, 3.8) is 0 Å². The molecule has 0 radical (unpaired) electrons. The molecular formula is C15H21N3O. The van der Waals surface area contributed by atoms with E-state index >= 15 is 0 Å². The molecule has 0 bridgehead atoms. The molecule has 19 heavy (non-hydrogen) atoms. The Kier molecular flexibility index (Phi) is 2.82. The molecular weight excluding hydrogens is 238 g/mol. The van der Waals surface area contributed by atoms with E-state index in [1.54, 1.807) is 18.3 Å². The van der Waals surface area contributed by atoms with Gasteiger partial charge < -0.3 is 15.8 Å². The van der Waals surface area contributed by atoms with Gasteiger partial charge in [-0.1, -0.05) is 6.07 Å². The smallest absolute Gasteiger partial charge is 0.121 e. The van der Waals surface area contributed by atoms with E-state index in [-0.39, 0.29) is 12.8 Å². The molecule has 1 heterocycles. The molecule has 0 saturated heterocycles. The highest BCUT2D eigenvalue weighted by Gasteiger charge is 2.08. The lowest BCUT2D eigenvalue weighted by Crippen LogP contribution is -2.17. The quantitative estimate of drug-likeness (QED) is 0.842. The van der Waals surface area contributed by atoms with Crippen molar-refractivity contribution in [3.8, 4) is 5.75 Å². The molecule has 0 spiro atoms. The highest BCUT2D eigenvalue weighted by atomic mass is 16.5. The standard InChI is InChI=1S/C15H21N3O/c1-11(5-3-7-16)18-14-10-13(19-2)9-12-6-4-8-17-15(12)14/h4,6,8-11,18H,3,5,7,16H2,1-2H3/i1D3,7D2. The predicted molar refractivity (Wildman–Crippen MR) is 79.7 cm³/mol. The number of hydrogen-bond acceptors (Lipinski definition) is 4. The van der Waals surface area contributed by atoms with Gasteiger partial charge in [-0.15, -0.1) is 0 Å². The Bertz CT molecular complexity index is 700. The number of nitrogens with two attached hydrogens (primary N) is 1. The first-order valence-corrected chi connectivity index (χ1v) is 6.08. The summed E-state index contributed by atoms with van der Waals surface area (Å²) in [6, 6.07) is 6.20. The van der Waals surface area contributed by atoms with E-state index in [1.165, 1.54) is 7.11 Å². The van der Waals surface area contributed by atoms with E-state index < -0.39 is 19.4 Å². The summed E-state index contributed by atoms with van der Waals surface area (Å²) < 4.78 is 43.2. The zero-order valence-electron chi connectivity index (χ0n) is 15.8. The monoisotopic (exact) mass is 264 g/mol. The highest BCUT2D eigenvalue weighted by molar-refractivity contribution is 5.91. The third-order valence-electron chi connectivity index (χ3n) is 2.82. The molecule has 1 aromatic heterocycles. The van der Waals surface area contributed by atoms with Gasteiger partial charge in [-0.05, 0) is 38.3 Å². The van der Waals surface area contributed by atoms with Crippen LogP contribution in [0.1, 0.15) is 26.5 Å². The summed E-state index contributed by atoms with van der Waals surface area (Å²) in [6.45, 7) is -4.23. The summed E-state index contributed by atoms with van der Waals surface area (Å²) in [7, 11) is 1.53. The number of nitrogens with zero attached hydrogens (tertiary/aromatic N) is 1. The Labute approximate surface area is 121 Å². The molecule has 102 valence electrons. The lowest BCUT2D eigenvalue weighted by Gasteiger charge is -2.17. The molecule has 2 aromatic rings. The summed E-state index contributed by atoms with van der Waals surface area (Å²) in [6.07, 6.45) is 1.62. The lowest BCUT2D eigenvalue weighted by molar-refractivity contribution is 0.415. The van der Waals surface area contributed by atoms with Gasteiger partial charge in [0.1, 0.15) is 5.75 Å². The number of ether oxygens (including phenoxy) is 1. The largest absolute Gasteiger partial charge is 0.497 e. The van der Waals surface area contributed by atoms with Gasteiger partial charge in [-0.3, -0.25) is 4.98 Å². The van der Waals surface area contributed by atoms with Crippen LogP contribution in [0.5, 0.6) is 5.75 Å². The van der Waals surface area contributed by atoms with E-state index in [0.717, 1.165) is 5.39 Å². The number of nitrogens with one attached hydrogen (secondary N) is 1. The number of hydrogen-bond donors (Lipinski definition) is 2. The molecule has 1 atom stereocenters. The minimum absolute atomic E-state index is 0.0610. The van der Waals surface area contributed by atoms with Crippen LogP contribution in [0.2, 0.25) is 0 Å². The Morgan fingerprint density at radius 1 is 1.58 bits per heavy atom. The second-order valence-corrected chi connectivity index (χ2v) is 4.19. The van der Waals surface area contributed by atoms with Gasteiger partial charge in [0, 0.05) is 30.5 Å². The molecule has 4 nitrogen and oxygen atoms in total. The van der Waals surface area contributed by atoms with Gasteiger partial charge in [0.05, 0.1) is 18.3 Å². The first-order valence-electron chi connectivity index (χ1n) is 8.58. The van der Waals surface area contributed by atoms with Gasteiger partial charge in [0.15, 0.2) is 0 Å². The van der Waals surface area contributed by atoms with Crippen molar-refractivity contribution < 1.29 is 11.6 Å². The summed E-state index contributed by atoms with van der Waals surface area (Å²) in [5.41, 5.74) is 6.51. The molecule has 0 fully saturated rings. The number of benzene rings is 1. The first-order chi connectivity index (χ1) is 11.1. The normalized spacial score (nSPS) is 17.7. The Morgan fingerprint density at radius 2 is 2.47 bits per heavy atom. The molecule has 3 N–H and O–H groups in total. The minimum atomic E-state index is -2.31. The van der Waals surface area contributed by atoms with Crippen LogP contribution in [0.4, 0.5) is 5.69 Å². The summed E-state index contributed by atoms with van der Waals surface area (Å²) in [5.74, 6) is 0.580. The maximum atomic E-state index is 7.71. The maximum Gasteiger partial charge on any atom is 0.121 e. The highest BCUT2D eigenvalue weighted by Crippen LogP contribution is 2.28. The van der Waals surface area contributed by atoms with Crippen molar-refractivity contribution in [2.45, 2.75) is 25.7 Å².